The lowest BCUT2D eigenvalue weighted by atomic mass is 10.1. The van der Waals surface area contributed by atoms with Crippen LogP contribution < -0.4 is 5.32 Å². The van der Waals surface area contributed by atoms with Gasteiger partial charge in [-0.1, -0.05) is 50.4 Å². The highest BCUT2D eigenvalue weighted by Gasteiger charge is 2.08. The summed E-state index contributed by atoms with van der Waals surface area (Å²) in [5, 5.41) is 12.0. The van der Waals surface area contributed by atoms with Crippen LogP contribution in [0.3, 0.4) is 0 Å². The van der Waals surface area contributed by atoms with Crippen LogP contribution in [0, 0.1) is 0 Å². The standard InChI is InChI=1S/C13H23N3O2S/c1-3-5-6-7-8-9-10-11-15-16-12(19-11)14-13(17)18-4-2/h3-10H2,1-2H3,(H,14,16,17). The molecular formula is C13H23N3O2S. The van der Waals surface area contributed by atoms with E-state index in [0.717, 1.165) is 17.8 Å². The van der Waals surface area contributed by atoms with Gasteiger partial charge in [-0.15, -0.1) is 10.2 Å². The summed E-state index contributed by atoms with van der Waals surface area (Å²) in [4.78, 5) is 11.2. The lowest BCUT2D eigenvalue weighted by molar-refractivity contribution is 0.168. The van der Waals surface area contributed by atoms with E-state index >= 15 is 0 Å². The van der Waals surface area contributed by atoms with Crippen LogP contribution in [0.4, 0.5) is 9.93 Å². The first-order chi connectivity index (χ1) is 9.26. The Morgan fingerprint density at radius 3 is 2.63 bits per heavy atom. The molecule has 108 valence electrons. The van der Waals surface area contributed by atoms with E-state index in [9.17, 15) is 4.79 Å². The van der Waals surface area contributed by atoms with Crippen LogP contribution in [0.25, 0.3) is 0 Å². The molecule has 0 radical (unpaired) electrons. The zero-order valence-corrected chi connectivity index (χ0v) is 12.6. The number of hydrogen-bond acceptors (Lipinski definition) is 5. The summed E-state index contributed by atoms with van der Waals surface area (Å²) in [6.45, 7) is 4.35. The summed E-state index contributed by atoms with van der Waals surface area (Å²) in [6.07, 6.45) is 8.06. The lowest BCUT2D eigenvalue weighted by Gasteiger charge is -1.99. The van der Waals surface area contributed by atoms with Gasteiger partial charge in [0.05, 0.1) is 6.61 Å². The smallest absolute Gasteiger partial charge is 0.413 e. The zero-order valence-electron chi connectivity index (χ0n) is 11.8. The zero-order chi connectivity index (χ0) is 13.9. The van der Waals surface area contributed by atoms with Crippen molar-refractivity contribution in [3.8, 4) is 0 Å². The number of nitrogens with one attached hydrogen (secondary N) is 1. The van der Waals surface area contributed by atoms with Crippen molar-refractivity contribution in [3.63, 3.8) is 0 Å². The highest BCUT2D eigenvalue weighted by molar-refractivity contribution is 7.15. The summed E-state index contributed by atoms with van der Waals surface area (Å²) in [7, 11) is 0. The van der Waals surface area contributed by atoms with E-state index in [0.29, 0.717) is 11.7 Å². The van der Waals surface area contributed by atoms with Crippen LogP contribution in [-0.4, -0.2) is 22.9 Å². The number of amides is 1. The Balaban J connectivity index is 2.18. The Labute approximate surface area is 118 Å². The molecule has 1 amide bonds. The topological polar surface area (TPSA) is 64.1 Å². The van der Waals surface area contributed by atoms with Gasteiger partial charge in [0.2, 0.25) is 5.13 Å². The Hall–Kier alpha value is -1.17. The number of ether oxygens (including phenoxy) is 1. The summed E-state index contributed by atoms with van der Waals surface area (Å²) < 4.78 is 4.78. The van der Waals surface area contributed by atoms with Crippen molar-refractivity contribution in [2.24, 2.45) is 0 Å². The average Bonchev–Trinajstić information content (AvgIpc) is 2.81. The van der Waals surface area contributed by atoms with Gasteiger partial charge in [-0.2, -0.15) is 0 Å². The summed E-state index contributed by atoms with van der Waals surface area (Å²) >= 11 is 1.42. The third-order valence-electron chi connectivity index (χ3n) is 2.70. The van der Waals surface area contributed by atoms with Gasteiger partial charge in [-0.05, 0) is 13.3 Å². The number of rotatable bonds is 9. The second-order valence-electron chi connectivity index (χ2n) is 4.36. The van der Waals surface area contributed by atoms with Crippen LogP contribution in [-0.2, 0) is 11.2 Å². The Kier molecular flexibility index (Phi) is 8.13. The van der Waals surface area contributed by atoms with Gasteiger partial charge in [-0.3, -0.25) is 5.32 Å². The summed E-state index contributed by atoms with van der Waals surface area (Å²) in [6, 6.07) is 0. The first-order valence-corrected chi connectivity index (χ1v) is 7.84. The predicted molar refractivity (Wildman–Crippen MR) is 77.6 cm³/mol. The predicted octanol–water partition coefficient (Wildman–Crippen LogP) is 4.01. The van der Waals surface area contributed by atoms with Crippen LogP contribution in [0.5, 0.6) is 0 Å². The van der Waals surface area contributed by atoms with Crippen molar-refractivity contribution in [2.45, 2.75) is 58.8 Å². The molecule has 1 rings (SSSR count). The molecule has 0 atom stereocenters. The van der Waals surface area contributed by atoms with Crippen LogP contribution in [0.1, 0.15) is 57.4 Å². The Morgan fingerprint density at radius 2 is 1.89 bits per heavy atom. The SMILES string of the molecule is CCCCCCCCc1nnc(NC(=O)OCC)s1. The lowest BCUT2D eigenvalue weighted by Crippen LogP contribution is -2.12. The van der Waals surface area contributed by atoms with Crippen LogP contribution >= 0.6 is 11.3 Å². The first-order valence-electron chi connectivity index (χ1n) is 7.02. The molecule has 19 heavy (non-hydrogen) atoms. The second kappa shape index (κ2) is 9.72. The molecule has 0 saturated heterocycles. The molecule has 0 fully saturated rings. The first kappa shape index (κ1) is 15.9. The molecule has 1 aromatic rings. The minimum atomic E-state index is -0.468. The molecule has 5 nitrogen and oxygen atoms in total. The second-order valence-corrected chi connectivity index (χ2v) is 5.43. The van der Waals surface area contributed by atoms with Gasteiger partial charge in [-0.25, -0.2) is 4.79 Å². The number of unbranched alkanes of at least 4 members (excludes halogenated alkanes) is 5. The molecule has 0 bridgehead atoms. The molecule has 0 aliphatic carbocycles. The molecule has 1 N–H and O–H groups in total. The summed E-state index contributed by atoms with van der Waals surface area (Å²) in [5.74, 6) is 0. The number of hydrogen-bond donors (Lipinski definition) is 1. The normalized spacial score (nSPS) is 10.4. The minimum Gasteiger partial charge on any atom is -0.450 e. The average molecular weight is 285 g/mol. The van der Waals surface area contributed by atoms with Crippen molar-refractivity contribution in [1.82, 2.24) is 10.2 Å². The molecule has 0 aliphatic heterocycles. The maximum atomic E-state index is 11.2. The maximum Gasteiger partial charge on any atom is 0.413 e. The van der Waals surface area contributed by atoms with E-state index < -0.39 is 6.09 Å². The van der Waals surface area contributed by atoms with Crippen molar-refractivity contribution < 1.29 is 9.53 Å². The third kappa shape index (κ3) is 7.10. The van der Waals surface area contributed by atoms with Gasteiger partial charge >= 0.3 is 6.09 Å². The number of carbonyl (C=O) groups excluding carboxylic acids is 1. The highest BCUT2D eigenvalue weighted by Crippen LogP contribution is 2.18. The van der Waals surface area contributed by atoms with Crippen molar-refractivity contribution >= 4 is 22.6 Å². The molecule has 6 heteroatoms. The van der Waals surface area contributed by atoms with E-state index in [4.69, 9.17) is 4.74 Å². The van der Waals surface area contributed by atoms with E-state index in [2.05, 4.69) is 22.4 Å². The van der Waals surface area contributed by atoms with E-state index in [-0.39, 0.29) is 0 Å². The quantitative estimate of drug-likeness (QED) is 0.696. The summed E-state index contributed by atoms with van der Waals surface area (Å²) in [5.41, 5.74) is 0. The van der Waals surface area contributed by atoms with Gasteiger partial charge in [0, 0.05) is 6.42 Å². The number of carbonyl (C=O) groups is 1. The molecule has 0 saturated carbocycles. The maximum absolute atomic E-state index is 11.2. The fourth-order valence-corrected chi connectivity index (χ4v) is 2.48. The van der Waals surface area contributed by atoms with Crippen LogP contribution in [0.15, 0.2) is 0 Å². The Morgan fingerprint density at radius 1 is 1.16 bits per heavy atom. The molecule has 1 heterocycles. The molecule has 0 aliphatic rings. The largest absolute Gasteiger partial charge is 0.450 e. The van der Waals surface area contributed by atoms with Gasteiger partial charge in [0.25, 0.3) is 0 Å². The Bertz CT molecular complexity index is 369. The fourth-order valence-electron chi connectivity index (χ4n) is 1.72. The van der Waals surface area contributed by atoms with Crippen LogP contribution in [0.2, 0.25) is 0 Å². The highest BCUT2D eigenvalue weighted by atomic mass is 32.1. The van der Waals surface area contributed by atoms with Crippen molar-refractivity contribution in [2.75, 3.05) is 11.9 Å². The van der Waals surface area contributed by atoms with E-state index in [1.807, 2.05) is 0 Å². The third-order valence-corrected chi connectivity index (χ3v) is 3.59. The number of aryl methyl sites for hydroxylation is 1. The van der Waals surface area contributed by atoms with Gasteiger partial charge in [0.1, 0.15) is 5.01 Å². The number of aromatic nitrogens is 2. The number of nitrogens with zero attached hydrogens (tertiary/aromatic N) is 2. The molecule has 1 aromatic heterocycles. The molecule has 0 aromatic carbocycles. The number of anilines is 1. The molecular weight excluding hydrogens is 262 g/mol. The molecule has 0 spiro atoms. The van der Waals surface area contributed by atoms with Crippen molar-refractivity contribution in [1.29, 1.82) is 0 Å². The van der Waals surface area contributed by atoms with Crippen molar-refractivity contribution in [3.05, 3.63) is 5.01 Å². The fraction of sp³-hybridized carbons (Fsp3) is 0.769. The van der Waals surface area contributed by atoms with Gasteiger partial charge < -0.3 is 4.74 Å². The monoisotopic (exact) mass is 285 g/mol. The minimum absolute atomic E-state index is 0.356. The van der Waals surface area contributed by atoms with E-state index in [1.54, 1.807) is 6.92 Å². The van der Waals surface area contributed by atoms with Gasteiger partial charge in [0.15, 0.2) is 0 Å². The molecule has 0 unspecified atom stereocenters. The van der Waals surface area contributed by atoms with E-state index in [1.165, 1.54) is 43.4 Å².